The average Bonchev–Trinajstić information content (AvgIpc) is 2.74. The quantitative estimate of drug-likeness (QED) is 0.777. The minimum Gasteiger partial charge on any atom is -0.496 e. The Hall–Kier alpha value is -2.30. The first kappa shape index (κ1) is 12.2. The van der Waals surface area contributed by atoms with E-state index >= 15 is 0 Å². The van der Waals surface area contributed by atoms with Gasteiger partial charge in [-0.2, -0.15) is 5.10 Å². The maximum atomic E-state index is 11.7. The van der Waals surface area contributed by atoms with Crippen molar-refractivity contribution in [2.24, 2.45) is 7.05 Å². The Morgan fingerprint density at radius 2 is 2.06 bits per heavy atom. The van der Waals surface area contributed by atoms with Crippen LogP contribution in [-0.2, 0) is 7.05 Å². The van der Waals surface area contributed by atoms with E-state index in [-0.39, 0.29) is 5.78 Å². The SMILES string of the molecule is COc1cccc(Oc2cnn(C)c2)c1C(C)=O. The molecule has 0 bridgehead atoms. The molecule has 0 amide bonds. The van der Waals surface area contributed by atoms with Crippen LogP contribution in [0.25, 0.3) is 0 Å². The van der Waals surface area contributed by atoms with Crippen LogP contribution in [0.4, 0.5) is 0 Å². The van der Waals surface area contributed by atoms with Gasteiger partial charge in [0.1, 0.15) is 17.1 Å². The number of methoxy groups -OCH3 is 1. The molecule has 0 unspecified atom stereocenters. The standard InChI is InChI=1S/C13H14N2O3/c1-9(16)13-11(17-3)5-4-6-12(13)18-10-7-14-15(2)8-10/h4-8H,1-3H3. The summed E-state index contributed by atoms with van der Waals surface area (Å²) < 4.78 is 12.4. The molecule has 0 atom stereocenters. The summed E-state index contributed by atoms with van der Waals surface area (Å²) in [5, 5.41) is 4.01. The Labute approximate surface area is 105 Å². The molecule has 18 heavy (non-hydrogen) atoms. The smallest absolute Gasteiger partial charge is 0.167 e. The predicted molar refractivity (Wildman–Crippen MR) is 66.3 cm³/mol. The Morgan fingerprint density at radius 1 is 1.33 bits per heavy atom. The predicted octanol–water partition coefficient (Wildman–Crippen LogP) is 2.42. The van der Waals surface area contributed by atoms with Crippen molar-refractivity contribution >= 4 is 5.78 Å². The summed E-state index contributed by atoms with van der Waals surface area (Å²) in [7, 11) is 3.32. The zero-order valence-corrected chi connectivity index (χ0v) is 10.5. The molecule has 0 saturated carbocycles. The van der Waals surface area contributed by atoms with Crippen molar-refractivity contribution in [1.82, 2.24) is 9.78 Å². The molecule has 2 aromatic rings. The summed E-state index contributed by atoms with van der Waals surface area (Å²) >= 11 is 0. The van der Waals surface area contributed by atoms with Crippen molar-refractivity contribution in [2.45, 2.75) is 6.92 Å². The first-order valence-corrected chi connectivity index (χ1v) is 5.46. The Bertz CT molecular complexity index is 575. The molecular formula is C13H14N2O3. The third kappa shape index (κ3) is 2.34. The van der Waals surface area contributed by atoms with E-state index in [4.69, 9.17) is 9.47 Å². The molecule has 0 fully saturated rings. The first-order chi connectivity index (χ1) is 8.61. The highest BCUT2D eigenvalue weighted by Gasteiger charge is 2.15. The highest BCUT2D eigenvalue weighted by molar-refractivity contribution is 5.99. The number of ether oxygens (including phenoxy) is 2. The molecule has 0 aliphatic carbocycles. The van der Waals surface area contributed by atoms with Gasteiger partial charge < -0.3 is 9.47 Å². The summed E-state index contributed by atoms with van der Waals surface area (Å²) in [5.41, 5.74) is 0.434. The van der Waals surface area contributed by atoms with Gasteiger partial charge in [0, 0.05) is 7.05 Å². The number of nitrogens with zero attached hydrogens (tertiary/aromatic N) is 2. The molecule has 0 spiro atoms. The van der Waals surface area contributed by atoms with Gasteiger partial charge in [0.25, 0.3) is 0 Å². The number of benzene rings is 1. The number of carbonyl (C=O) groups excluding carboxylic acids is 1. The van der Waals surface area contributed by atoms with Crippen molar-refractivity contribution < 1.29 is 14.3 Å². The lowest BCUT2D eigenvalue weighted by atomic mass is 10.1. The van der Waals surface area contributed by atoms with Gasteiger partial charge in [-0.3, -0.25) is 9.48 Å². The summed E-state index contributed by atoms with van der Waals surface area (Å²) in [6, 6.07) is 5.23. The van der Waals surface area contributed by atoms with Crippen LogP contribution in [-0.4, -0.2) is 22.7 Å². The Kier molecular flexibility index (Phi) is 3.32. The van der Waals surface area contributed by atoms with Gasteiger partial charge in [-0.05, 0) is 19.1 Å². The van der Waals surface area contributed by atoms with Crippen molar-refractivity contribution in [3.05, 3.63) is 36.2 Å². The largest absolute Gasteiger partial charge is 0.496 e. The van der Waals surface area contributed by atoms with E-state index < -0.39 is 0 Å². The van der Waals surface area contributed by atoms with Gasteiger partial charge in [-0.25, -0.2) is 0 Å². The van der Waals surface area contributed by atoms with Gasteiger partial charge in [0.15, 0.2) is 11.5 Å². The van der Waals surface area contributed by atoms with E-state index in [9.17, 15) is 4.79 Å². The van der Waals surface area contributed by atoms with Gasteiger partial charge in [0.2, 0.25) is 0 Å². The fraction of sp³-hybridized carbons (Fsp3) is 0.231. The van der Waals surface area contributed by atoms with E-state index in [2.05, 4.69) is 5.10 Å². The van der Waals surface area contributed by atoms with Crippen LogP contribution in [0, 0.1) is 0 Å². The first-order valence-electron chi connectivity index (χ1n) is 5.46. The van der Waals surface area contributed by atoms with Crippen LogP contribution < -0.4 is 9.47 Å². The van der Waals surface area contributed by atoms with E-state index in [1.54, 1.807) is 42.3 Å². The monoisotopic (exact) mass is 246 g/mol. The maximum absolute atomic E-state index is 11.7. The fourth-order valence-electron chi connectivity index (χ4n) is 1.69. The third-order valence-corrected chi connectivity index (χ3v) is 2.47. The summed E-state index contributed by atoms with van der Waals surface area (Å²) in [5.74, 6) is 1.44. The molecular weight excluding hydrogens is 232 g/mol. The molecule has 5 nitrogen and oxygen atoms in total. The lowest BCUT2D eigenvalue weighted by molar-refractivity contribution is 0.101. The number of aromatic nitrogens is 2. The highest BCUT2D eigenvalue weighted by atomic mass is 16.5. The maximum Gasteiger partial charge on any atom is 0.167 e. The normalized spacial score (nSPS) is 10.2. The molecule has 1 heterocycles. The molecule has 1 aromatic carbocycles. The fourth-order valence-corrected chi connectivity index (χ4v) is 1.69. The number of hydrogen-bond donors (Lipinski definition) is 0. The van der Waals surface area contributed by atoms with Gasteiger partial charge in [-0.15, -0.1) is 0 Å². The van der Waals surface area contributed by atoms with Crippen LogP contribution in [0.15, 0.2) is 30.6 Å². The number of carbonyl (C=O) groups is 1. The summed E-state index contributed by atoms with van der Waals surface area (Å²) in [4.78, 5) is 11.7. The molecule has 0 N–H and O–H groups in total. The van der Waals surface area contributed by atoms with E-state index in [1.165, 1.54) is 14.0 Å². The second-order valence-corrected chi connectivity index (χ2v) is 3.84. The van der Waals surface area contributed by atoms with Crippen LogP contribution in [0.5, 0.6) is 17.2 Å². The van der Waals surface area contributed by atoms with Crippen LogP contribution >= 0.6 is 0 Å². The Balaban J connectivity index is 2.41. The van der Waals surface area contributed by atoms with Crippen molar-refractivity contribution in [2.75, 3.05) is 7.11 Å². The lowest BCUT2D eigenvalue weighted by Crippen LogP contribution is -2.00. The zero-order chi connectivity index (χ0) is 13.1. The highest BCUT2D eigenvalue weighted by Crippen LogP contribution is 2.31. The molecule has 0 radical (unpaired) electrons. The van der Waals surface area contributed by atoms with Crippen LogP contribution in [0.3, 0.4) is 0 Å². The van der Waals surface area contributed by atoms with E-state index in [0.29, 0.717) is 22.8 Å². The van der Waals surface area contributed by atoms with Crippen LogP contribution in [0.2, 0.25) is 0 Å². The second kappa shape index (κ2) is 4.91. The average molecular weight is 246 g/mol. The summed E-state index contributed by atoms with van der Waals surface area (Å²) in [6.07, 6.45) is 3.31. The molecule has 0 saturated heterocycles. The van der Waals surface area contributed by atoms with Crippen molar-refractivity contribution in [1.29, 1.82) is 0 Å². The molecule has 94 valence electrons. The van der Waals surface area contributed by atoms with Crippen molar-refractivity contribution in [3.8, 4) is 17.2 Å². The molecule has 1 aromatic heterocycles. The summed E-state index contributed by atoms with van der Waals surface area (Å²) in [6.45, 7) is 1.48. The number of aryl methyl sites for hydroxylation is 1. The third-order valence-electron chi connectivity index (χ3n) is 2.47. The zero-order valence-electron chi connectivity index (χ0n) is 10.5. The number of rotatable bonds is 4. The Morgan fingerprint density at radius 3 is 2.61 bits per heavy atom. The molecule has 0 aliphatic rings. The van der Waals surface area contributed by atoms with Gasteiger partial charge in [0.05, 0.1) is 19.5 Å². The van der Waals surface area contributed by atoms with Gasteiger partial charge in [-0.1, -0.05) is 6.07 Å². The molecule has 2 rings (SSSR count). The topological polar surface area (TPSA) is 53.4 Å². The van der Waals surface area contributed by atoms with Gasteiger partial charge >= 0.3 is 0 Å². The van der Waals surface area contributed by atoms with Crippen LogP contribution in [0.1, 0.15) is 17.3 Å². The minimum atomic E-state index is -0.105. The van der Waals surface area contributed by atoms with E-state index in [0.717, 1.165) is 0 Å². The molecule has 5 heteroatoms. The molecule has 0 aliphatic heterocycles. The minimum absolute atomic E-state index is 0.105. The number of hydrogen-bond acceptors (Lipinski definition) is 4. The number of ketones is 1. The van der Waals surface area contributed by atoms with Crippen molar-refractivity contribution in [3.63, 3.8) is 0 Å². The number of Topliss-reactive ketones (excluding diaryl/α,β-unsaturated/α-hetero) is 1. The second-order valence-electron chi connectivity index (χ2n) is 3.84. The lowest BCUT2D eigenvalue weighted by Gasteiger charge is -2.11. The van der Waals surface area contributed by atoms with E-state index in [1.807, 2.05) is 0 Å².